The minimum atomic E-state index is -0.377. The number of nitrogens with one attached hydrogen (secondary N) is 1. The molecule has 0 bridgehead atoms. The van der Waals surface area contributed by atoms with Crippen LogP contribution in [0.15, 0.2) is 47.4 Å². The van der Waals surface area contributed by atoms with Crippen molar-refractivity contribution >= 4 is 17.6 Å². The van der Waals surface area contributed by atoms with E-state index in [1.807, 2.05) is 6.92 Å². The van der Waals surface area contributed by atoms with Crippen molar-refractivity contribution in [2.24, 2.45) is 0 Å². The second-order valence-electron chi connectivity index (χ2n) is 5.74. The fraction of sp³-hybridized carbons (Fsp3) is 0.316. The standard InChI is InChI=1S/C19H22N2O4/c1-3-4-12-25-19(24)15-7-9-16(10-8-15)20-17(22)13-21-11-5-6-14(2)18(21)23/h5-11H,3-4,12-13H2,1-2H3,(H,20,22). The molecule has 0 radical (unpaired) electrons. The molecule has 1 aromatic carbocycles. The van der Waals surface area contributed by atoms with Crippen molar-refractivity contribution in [3.05, 3.63) is 64.1 Å². The summed E-state index contributed by atoms with van der Waals surface area (Å²) in [6, 6.07) is 9.89. The van der Waals surface area contributed by atoms with E-state index < -0.39 is 0 Å². The van der Waals surface area contributed by atoms with Crippen LogP contribution in [0.5, 0.6) is 0 Å². The number of rotatable bonds is 7. The molecular weight excluding hydrogens is 320 g/mol. The summed E-state index contributed by atoms with van der Waals surface area (Å²) in [7, 11) is 0. The molecule has 0 fully saturated rings. The number of amides is 1. The second kappa shape index (κ2) is 8.82. The van der Waals surface area contributed by atoms with Gasteiger partial charge in [0.05, 0.1) is 12.2 Å². The Labute approximate surface area is 146 Å². The van der Waals surface area contributed by atoms with Crippen molar-refractivity contribution in [1.29, 1.82) is 0 Å². The average Bonchev–Trinajstić information content (AvgIpc) is 2.59. The molecule has 0 aliphatic heterocycles. The van der Waals surface area contributed by atoms with E-state index in [2.05, 4.69) is 5.32 Å². The molecule has 2 rings (SSSR count). The lowest BCUT2D eigenvalue weighted by molar-refractivity contribution is -0.116. The second-order valence-corrected chi connectivity index (χ2v) is 5.74. The fourth-order valence-electron chi connectivity index (χ4n) is 2.22. The highest BCUT2D eigenvalue weighted by Crippen LogP contribution is 2.11. The zero-order chi connectivity index (χ0) is 18.2. The lowest BCUT2D eigenvalue weighted by atomic mass is 10.2. The molecule has 1 amide bonds. The van der Waals surface area contributed by atoms with E-state index in [0.717, 1.165) is 12.8 Å². The van der Waals surface area contributed by atoms with Crippen LogP contribution < -0.4 is 10.9 Å². The van der Waals surface area contributed by atoms with Crippen LogP contribution in [-0.2, 0) is 16.1 Å². The lowest BCUT2D eigenvalue weighted by Gasteiger charge is -2.09. The first-order chi connectivity index (χ1) is 12.0. The third-order valence-corrected chi connectivity index (χ3v) is 3.66. The summed E-state index contributed by atoms with van der Waals surface area (Å²) in [4.78, 5) is 35.8. The first-order valence-corrected chi connectivity index (χ1v) is 8.24. The Morgan fingerprint density at radius 2 is 1.88 bits per heavy atom. The van der Waals surface area contributed by atoms with Gasteiger partial charge in [-0.05, 0) is 43.7 Å². The molecule has 6 heteroatoms. The first kappa shape index (κ1) is 18.4. The van der Waals surface area contributed by atoms with Gasteiger partial charge in [0.15, 0.2) is 0 Å². The third kappa shape index (κ3) is 5.31. The maximum atomic E-state index is 12.1. The van der Waals surface area contributed by atoms with Crippen LogP contribution in [0, 0.1) is 6.92 Å². The number of anilines is 1. The van der Waals surface area contributed by atoms with Crippen LogP contribution in [-0.4, -0.2) is 23.1 Å². The van der Waals surface area contributed by atoms with Gasteiger partial charge in [-0.2, -0.15) is 0 Å². The Morgan fingerprint density at radius 1 is 1.16 bits per heavy atom. The number of carbonyl (C=O) groups excluding carboxylic acids is 2. The van der Waals surface area contributed by atoms with Gasteiger partial charge >= 0.3 is 5.97 Å². The summed E-state index contributed by atoms with van der Waals surface area (Å²) in [5, 5.41) is 2.70. The van der Waals surface area contributed by atoms with E-state index >= 15 is 0 Å². The van der Waals surface area contributed by atoms with Crippen molar-refractivity contribution in [2.45, 2.75) is 33.2 Å². The van der Waals surface area contributed by atoms with Crippen LogP contribution in [0.3, 0.4) is 0 Å². The number of unbranched alkanes of at least 4 members (excludes halogenated alkanes) is 1. The highest BCUT2D eigenvalue weighted by Gasteiger charge is 2.09. The number of hydrogen-bond acceptors (Lipinski definition) is 4. The normalized spacial score (nSPS) is 10.3. The minimum absolute atomic E-state index is 0.0681. The summed E-state index contributed by atoms with van der Waals surface area (Å²) in [5.41, 5.74) is 1.38. The molecular formula is C19H22N2O4. The van der Waals surface area contributed by atoms with Gasteiger partial charge < -0.3 is 14.6 Å². The van der Waals surface area contributed by atoms with Crippen molar-refractivity contribution in [3.63, 3.8) is 0 Å². The molecule has 25 heavy (non-hydrogen) atoms. The van der Waals surface area contributed by atoms with E-state index in [0.29, 0.717) is 23.4 Å². The van der Waals surface area contributed by atoms with Gasteiger partial charge in [-0.25, -0.2) is 4.79 Å². The Morgan fingerprint density at radius 3 is 2.56 bits per heavy atom. The molecule has 0 saturated heterocycles. The topological polar surface area (TPSA) is 77.4 Å². The van der Waals surface area contributed by atoms with Crippen LogP contribution >= 0.6 is 0 Å². The number of esters is 1. The number of benzene rings is 1. The molecule has 1 aromatic heterocycles. The van der Waals surface area contributed by atoms with E-state index in [1.165, 1.54) is 4.57 Å². The van der Waals surface area contributed by atoms with Gasteiger partial charge in [0.1, 0.15) is 6.54 Å². The number of aromatic nitrogens is 1. The number of carbonyl (C=O) groups is 2. The maximum absolute atomic E-state index is 12.1. The van der Waals surface area contributed by atoms with Crippen LogP contribution in [0.4, 0.5) is 5.69 Å². The van der Waals surface area contributed by atoms with Gasteiger partial charge in [-0.3, -0.25) is 9.59 Å². The van der Waals surface area contributed by atoms with Gasteiger partial charge in [0, 0.05) is 17.4 Å². The highest BCUT2D eigenvalue weighted by atomic mass is 16.5. The molecule has 132 valence electrons. The Hall–Kier alpha value is -2.89. The first-order valence-electron chi connectivity index (χ1n) is 8.24. The molecule has 0 spiro atoms. The predicted molar refractivity (Wildman–Crippen MR) is 95.7 cm³/mol. The molecule has 0 unspecified atom stereocenters. The number of nitrogens with zero attached hydrogens (tertiary/aromatic N) is 1. The number of ether oxygens (including phenoxy) is 1. The van der Waals surface area contributed by atoms with E-state index in [1.54, 1.807) is 49.5 Å². The summed E-state index contributed by atoms with van der Waals surface area (Å²) in [6.45, 7) is 4.06. The van der Waals surface area contributed by atoms with Crippen LogP contribution in [0.1, 0.15) is 35.7 Å². The van der Waals surface area contributed by atoms with Gasteiger partial charge in [0.25, 0.3) is 5.56 Å². The summed E-state index contributed by atoms with van der Waals surface area (Å²) in [5.74, 6) is -0.691. The highest BCUT2D eigenvalue weighted by molar-refractivity contribution is 5.93. The van der Waals surface area contributed by atoms with E-state index in [9.17, 15) is 14.4 Å². The molecule has 1 N–H and O–H groups in total. The molecule has 1 heterocycles. The molecule has 0 saturated carbocycles. The van der Waals surface area contributed by atoms with Gasteiger partial charge in [-0.1, -0.05) is 19.4 Å². The van der Waals surface area contributed by atoms with Crippen molar-refractivity contribution in [2.75, 3.05) is 11.9 Å². The van der Waals surface area contributed by atoms with Gasteiger partial charge in [-0.15, -0.1) is 0 Å². The fourth-order valence-corrected chi connectivity index (χ4v) is 2.22. The van der Waals surface area contributed by atoms with Crippen LogP contribution in [0.2, 0.25) is 0 Å². The Balaban J connectivity index is 1.94. The van der Waals surface area contributed by atoms with Crippen molar-refractivity contribution in [3.8, 4) is 0 Å². The molecule has 6 nitrogen and oxygen atoms in total. The smallest absolute Gasteiger partial charge is 0.338 e. The number of pyridine rings is 1. The van der Waals surface area contributed by atoms with Crippen molar-refractivity contribution < 1.29 is 14.3 Å². The van der Waals surface area contributed by atoms with Gasteiger partial charge in [0.2, 0.25) is 5.91 Å². The quantitative estimate of drug-likeness (QED) is 0.620. The Bertz CT molecular complexity index is 794. The largest absolute Gasteiger partial charge is 0.462 e. The number of aryl methyl sites for hydroxylation is 1. The monoisotopic (exact) mass is 342 g/mol. The zero-order valence-corrected chi connectivity index (χ0v) is 14.5. The SMILES string of the molecule is CCCCOC(=O)c1ccc(NC(=O)Cn2cccc(C)c2=O)cc1. The minimum Gasteiger partial charge on any atom is -0.462 e. The summed E-state index contributed by atoms with van der Waals surface area (Å²) in [6.07, 6.45) is 3.37. The molecule has 0 aliphatic rings. The molecule has 0 aliphatic carbocycles. The maximum Gasteiger partial charge on any atom is 0.338 e. The average molecular weight is 342 g/mol. The summed E-state index contributed by atoms with van der Waals surface area (Å²) >= 11 is 0. The zero-order valence-electron chi connectivity index (χ0n) is 14.5. The number of hydrogen-bond donors (Lipinski definition) is 1. The van der Waals surface area contributed by atoms with Crippen molar-refractivity contribution in [1.82, 2.24) is 4.57 Å². The molecule has 2 aromatic rings. The van der Waals surface area contributed by atoms with E-state index in [4.69, 9.17) is 4.74 Å². The molecule has 0 atom stereocenters. The lowest BCUT2D eigenvalue weighted by Crippen LogP contribution is -2.28. The third-order valence-electron chi connectivity index (χ3n) is 3.66. The predicted octanol–water partition coefficient (Wildman–Crippen LogP) is 2.75. The van der Waals surface area contributed by atoms with Crippen LogP contribution in [0.25, 0.3) is 0 Å². The summed E-state index contributed by atoms with van der Waals surface area (Å²) < 4.78 is 6.48. The van der Waals surface area contributed by atoms with E-state index in [-0.39, 0.29) is 24.0 Å². The Kier molecular flexibility index (Phi) is 6.51.